The minimum Gasteiger partial charge on any atom is -0.356 e. The van der Waals surface area contributed by atoms with Crippen LogP contribution in [0.15, 0.2) is 41.5 Å². The SMILES string of the molecule is C#CCNC(=NC)NCCCn1ccc2ccccc21.I. The zero-order valence-corrected chi connectivity index (χ0v) is 14.5. The van der Waals surface area contributed by atoms with Gasteiger partial charge in [0.25, 0.3) is 0 Å². The van der Waals surface area contributed by atoms with E-state index < -0.39 is 0 Å². The number of benzene rings is 1. The number of hydrogen-bond donors (Lipinski definition) is 2. The van der Waals surface area contributed by atoms with Crippen LogP contribution >= 0.6 is 24.0 Å². The Labute approximate surface area is 143 Å². The Morgan fingerprint density at radius 1 is 1.29 bits per heavy atom. The molecule has 4 nitrogen and oxygen atoms in total. The quantitative estimate of drug-likeness (QED) is 0.268. The van der Waals surface area contributed by atoms with E-state index >= 15 is 0 Å². The third-order valence-electron chi connectivity index (χ3n) is 3.13. The summed E-state index contributed by atoms with van der Waals surface area (Å²) in [7, 11) is 1.74. The molecule has 1 heterocycles. The second kappa shape index (κ2) is 9.29. The van der Waals surface area contributed by atoms with Crippen molar-refractivity contribution in [1.29, 1.82) is 0 Å². The molecule has 0 aliphatic heterocycles. The highest BCUT2D eigenvalue weighted by atomic mass is 127. The topological polar surface area (TPSA) is 41.4 Å². The maximum atomic E-state index is 5.20. The van der Waals surface area contributed by atoms with Gasteiger partial charge in [-0.05, 0) is 23.9 Å². The average Bonchev–Trinajstić information content (AvgIpc) is 2.90. The first-order chi connectivity index (χ1) is 9.85. The third-order valence-corrected chi connectivity index (χ3v) is 3.13. The zero-order valence-electron chi connectivity index (χ0n) is 12.2. The van der Waals surface area contributed by atoms with Crippen LogP contribution in [-0.4, -0.2) is 30.7 Å². The van der Waals surface area contributed by atoms with Crippen molar-refractivity contribution in [2.45, 2.75) is 13.0 Å². The second-order valence-electron chi connectivity index (χ2n) is 4.48. The molecule has 0 unspecified atom stereocenters. The molecule has 2 aromatic rings. The van der Waals surface area contributed by atoms with Gasteiger partial charge >= 0.3 is 0 Å². The van der Waals surface area contributed by atoms with E-state index in [2.05, 4.69) is 62.6 Å². The van der Waals surface area contributed by atoms with E-state index in [0.717, 1.165) is 25.5 Å². The van der Waals surface area contributed by atoms with Crippen molar-refractivity contribution >= 4 is 40.8 Å². The number of rotatable bonds is 5. The van der Waals surface area contributed by atoms with Gasteiger partial charge in [-0.15, -0.1) is 30.4 Å². The fourth-order valence-electron chi connectivity index (χ4n) is 2.15. The molecule has 0 bridgehead atoms. The standard InChI is InChI=1S/C16H20N4.HI/c1-3-10-18-16(17-2)19-11-6-12-20-13-9-14-7-4-5-8-15(14)20;/h1,4-5,7-9,13H,6,10-12H2,2H3,(H2,17,18,19);1H. The minimum absolute atomic E-state index is 0. The fraction of sp³-hybridized carbons (Fsp3) is 0.312. The summed E-state index contributed by atoms with van der Waals surface area (Å²) in [5.74, 6) is 3.28. The van der Waals surface area contributed by atoms with Crippen LogP contribution in [-0.2, 0) is 6.54 Å². The van der Waals surface area contributed by atoms with Crippen molar-refractivity contribution in [2.75, 3.05) is 20.1 Å². The van der Waals surface area contributed by atoms with Gasteiger partial charge < -0.3 is 15.2 Å². The molecule has 1 aromatic carbocycles. The number of nitrogens with zero attached hydrogens (tertiary/aromatic N) is 2. The highest BCUT2D eigenvalue weighted by Crippen LogP contribution is 2.14. The van der Waals surface area contributed by atoms with Gasteiger partial charge in [0.2, 0.25) is 0 Å². The molecular formula is C16H21IN4. The Bertz CT molecular complexity index is 624. The number of aliphatic imine (C=N–C) groups is 1. The van der Waals surface area contributed by atoms with Crippen molar-refractivity contribution in [2.24, 2.45) is 4.99 Å². The van der Waals surface area contributed by atoms with Crippen LogP contribution in [0.4, 0.5) is 0 Å². The number of halogens is 1. The van der Waals surface area contributed by atoms with Crippen molar-refractivity contribution in [3.8, 4) is 12.3 Å². The summed E-state index contributed by atoms with van der Waals surface area (Å²) in [5, 5.41) is 7.57. The van der Waals surface area contributed by atoms with Crippen molar-refractivity contribution in [3.05, 3.63) is 36.5 Å². The number of aromatic nitrogens is 1. The van der Waals surface area contributed by atoms with Crippen molar-refractivity contribution in [1.82, 2.24) is 15.2 Å². The number of nitrogens with one attached hydrogen (secondary N) is 2. The first-order valence-corrected chi connectivity index (χ1v) is 6.77. The molecule has 0 aliphatic carbocycles. The molecule has 1 aromatic heterocycles. The smallest absolute Gasteiger partial charge is 0.191 e. The summed E-state index contributed by atoms with van der Waals surface area (Å²) < 4.78 is 2.27. The number of aryl methyl sites for hydroxylation is 1. The molecule has 112 valence electrons. The summed E-state index contributed by atoms with van der Waals surface area (Å²) in [6.07, 6.45) is 8.36. The van der Waals surface area contributed by atoms with E-state index in [1.807, 2.05) is 0 Å². The average molecular weight is 396 g/mol. The molecule has 0 saturated heterocycles. The van der Waals surface area contributed by atoms with Crippen LogP contribution in [0.3, 0.4) is 0 Å². The lowest BCUT2D eigenvalue weighted by Gasteiger charge is -2.10. The highest BCUT2D eigenvalue weighted by molar-refractivity contribution is 14.0. The Balaban J connectivity index is 0.00000220. The summed E-state index contributed by atoms with van der Waals surface area (Å²) in [6, 6.07) is 10.6. The number of hydrogen-bond acceptors (Lipinski definition) is 1. The van der Waals surface area contributed by atoms with Crippen LogP contribution in [0, 0.1) is 12.3 Å². The number of terminal acetylenes is 1. The molecule has 0 fully saturated rings. The normalized spacial score (nSPS) is 10.8. The first-order valence-electron chi connectivity index (χ1n) is 6.77. The van der Waals surface area contributed by atoms with Gasteiger partial charge in [-0.2, -0.15) is 0 Å². The Kier molecular flexibility index (Phi) is 7.69. The molecule has 0 aliphatic rings. The Morgan fingerprint density at radius 2 is 2.10 bits per heavy atom. The lowest BCUT2D eigenvalue weighted by Crippen LogP contribution is -2.38. The van der Waals surface area contributed by atoms with Gasteiger partial charge in [-0.3, -0.25) is 4.99 Å². The largest absolute Gasteiger partial charge is 0.356 e. The summed E-state index contributed by atoms with van der Waals surface area (Å²) >= 11 is 0. The molecule has 0 amide bonds. The first kappa shape index (κ1) is 17.4. The van der Waals surface area contributed by atoms with Gasteiger partial charge in [-0.1, -0.05) is 24.1 Å². The molecule has 5 heteroatoms. The van der Waals surface area contributed by atoms with Crippen LogP contribution in [0.2, 0.25) is 0 Å². The fourth-order valence-corrected chi connectivity index (χ4v) is 2.15. The van der Waals surface area contributed by atoms with E-state index in [-0.39, 0.29) is 24.0 Å². The number of fused-ring (bicyclic) bond motifs is 1. The van der Waals surface area contributed by atoms with E-state index in [9.17, 15) is 0 Å². The van der Waals surface area contributed by atoms with Crippen LogP contribution in [0.25, 0.3) is 10.9 Å². The Morgan fingerprint density at radius 3 is 2.86 bits per heavy atom. The minimum atomic E-state index is 0. The second-order valence-corrected chi connectivity index (χ2v) is 4.48. The zero-order chi connectivity index (χ0) is 14.2. The van der Waals surface area contributed by atoms with Crippen LogP contribution in [0.1, 0.15) is 6.42 Å². The Hall–Kier alpha value is -1.68. The van der Waals surface area contributed by atoms with Gasteiger partial charge in [0.05, 0.1) is 6.54 Å². The van der Waals surface area contributed by atoms with E-state index in [0.29, 0.717) is 6.54 Å². The molecule has 2 rings (SSSR count). The molecule has 0 radical (unpaired) electrons. The molecule has 0 spiro atoms. The van der Waals surface area contributed by atoms with E-state index in [1.165, 1.54) is 10.9 Å². The lowest BCUT2D eigenvalue weighted by atomic mass is 10.2. The summed E-state index contributed by atoms with van der Waals surface area (Å²) in [5.41, 5.74) is 1.28. The summed E-state index contributed by atoms with van der Waals surface area (Å²) in [6.45, 7) is 2.32. The predicted octanol–water partition coefficient (Wildman–Crippen LogP) is 2.45. The molecule has 21 heavy (non-hydrogen) atoms. The maximum absolute atomic E-state index is 5.20. The molecule has 2 N–H and O–H groups in total. The van der Waals surface area contributed by atoms with Gasteiger partial charge in [0.15, 0.2) is 5.96 Å². The van der Waals surface area contributed by atoms with Crippen LogP contribution < -0.4 is 10.6 Å². The highest BCUT2D eigenvalue weighted by Gasteiger charge is 2.00. The van der Waals surface area contributed by atoms with Gasteiger partial charge in [0.1, 0.15) is 0 Å². The van der Waals surface area contributed by atoms with Crippen molar-refractivity contribution in [3.63, 3.8) is 0 Å². The predicted molar refractivity (Wildman–Crippen MR) is 100 cm³/mol. The number of guanidine groups is 1. The third kappa shape index (κ3) is 4.97. The molecule has 0 atom stereocenters. The van der Waals surface area contributed by atoms with E-state index in [4.69, 9.17) is 6.42 Å². The van der Waals surface area contributed by atoms with Crippen LogP contribution in [0.5, 0.6) is 0 Å². The molecular weight excluding hydrogens is 375 g/mol. The van der Waals surface area contributed by atoms with E-state index in [1.54, 1.807) is 7.05 Å². The monoisotopic (exact) mass is 396 g/mol. The summed E-state index contributed by atoms with van der Waals surface area (Å²) in [4.78, 5) is 4.10. The van der Waals surface area contributed by atoms with Gasteiger partial charge in [0, 0.05) is 31.9 Å². The van der Waals surface area contributed by atoms with Crippen molar-refractivity contribution < 1.29 is 0 Å². The lowest BCUT2D eigenvalue weighted by molar-refractivity contribution is 0.643. The van der Waals surface area contributed by atoms with Gasteiger partial charge in [-0.25, -0.2) is 0 Å². The number of para-hydroxylation sites is 1. The molecule has 0 saturated carbocycles. The maximum Gasteiger partial charge on any atom is 0.191 e.